The Bertz CT molecular complexity index is 361. The average molecular weight is 252 g/mol. The summed E-state index contributed by atoms with van der Waals surface area (Å²) >= 11 is 0. The van der Waals surface area contributed by atoms with Gasteiger partial charge in [-0.1, -0.05) is 13.8 Å². The summed E-state index contributed by atoms with van der Waals surface area (Å²) in [6.07, 6.45) is 2.54. The topological polar surface area (TPSA) is 58.9 Å². The Morgan fingerprint density at radius 2 is 2.28 bits per heavy atom. The fourth-order valence-corrected chi connectivity index (χ4v) is 2.44. The van der Waals surface area contributed by atoms with E-state index in [9.17, 15) is 0 Å². The molecule has 1 N–H and O–H groups in total. The van der Waals surface area contributed by atoms with E-state index in [4.69, 9.17) is 0 Å². The maximum absolute atomic E-state index is 4.25. The molecule has 1 aliphatic heterocycles. The van der Waals surface area contributed by atoms with Crippen molar-refractivity contribution in [2.75, 3.05) is 19.6 Å². The highest BCUT2D eigenvalue weighted by atomic mass is 15.6. The van der Waals surface area contributed by atoms with Crippen molar-refractivity contribution >= 4 is 0 Å². The van der Waals surface area contributed by atoms with Gasteiger partial charge in [-0.05, 0) is 37.1 Å². The van der Waals surface area contributed by atoms with Gasteiger partial charge in [0.2, 0.25) is 0 Å². The van der Waals surface area contributed by atoms with Gasteiger partial charge in [0, 0.05) is 12.6 Å². The molecule has 1 fully saturated rings. The van der Waals surface area contributed by atoms with Gasteiger partial charge in [-0.2, -0.15) is 4.80 Å². The first-order valence-electron chi connectivity index (χ1n) is 6.83. The lowest BCUT2D eigenvalue weighted by atomic mass is 10.2. The van der Waals surface area contributed by atoms with Gasteiger partial charge in [0.05, 0.1) is 13.6 Å². The second kappa shape index (κ2) is 6.24. The van der Waals surface area contributed by atoms with E-state index in [0.29, 0.717) is 12.0 Å². The molecular weight excluding hydrogens is 228 g/mol. The molecule has 0 amide bonds. The summed E-state index contributed by atoms with van der Waals surface area (Å²) in [4.78, 5) is 3.99. The number of aryl methyl sites for hydroxylation is 1. The van der Waals surface area contributed by atoms with Crippen LogP contribution >= 0.6 is 0 Å². The van der Waals surface area contributed by atoms with E-state index < -0.39 is 0 Å². The van der Waals surface area contributed by atoms with Crippen molar-refractivity contribution in [1.29, 1.82) is 0 Å². The number of hydrogen-bond donors (Lipinski definition) is 1. The highest BCUT2D eigenvalue weighted by Crippen LogP contribution is 2.18. The van der Waals surface area contributed by atoms with Gasteiger partial charge < -0.3 is 5.32 Å². The van der Waals surface area contributed by atoms with Gasteiger partial charge in [-0.15, -0.1) is 10.2 Å². The summed E-state index contributed by atoms with van der Waals surface area (Å²) < 4.78 is 0. The summed E-state index contributed by atoms with van der Waals surface area (Å²) in [6, 6.07) is 0.618. The molecule has 0 radical (unpaired) electrons. The fraction of sp³-hybridized carbons (Fsp3) is 0.917. The molecule has 0 saturated carbocycles. The number of rotatable bonds is 6. The maximum atomic E-state index is 4.25. The highest BCUT2D eigenvalue weighted by molar-refractivity contribution is 4.86. The van der Waals surface area contributed by atoms with E-state index >= 15 is 0 Å². The van der Waals surface area contributed by atoms with Crippen LogP contribution in [0, 0.1) is 5.92 Å². The molecule has 0 aliphatic carbocycles. The van der Waals surface area contributed by atoms with Crippen LogP contribution in [0.3, 0.4) is 0 Å². The number of likely N-dealkylation sites (tertiary alicyclic amines) is 1. The van der Waals surface area contributed by atoms with Crippen molar-refractivity contribution in [3.8, 4) is 0 Å². The van der Waals surface area contributed by atoms with E-state index in [0.717, 1.165) is 32.0 Å². The third-order valence-corrected chi connectivity index (χ3v) is 3.33. The van der Waals surface area contributed by atoms with Gasteiger partial charge in [0.25, 0.3) is 0 Å². The van der Waals surface area contributed by atoms with E-state index in [1.165, 1.54) is 17.6 Å². The predicted octanol–water partition coefficient (Wildman–Crippen LogP) is 0.420. The van der Waals surface area contributed by atoms with Gasteiger partial charge in [-0.25, -0.2) is 0 Å². The molecule has 1 atom stereocenters. The van der Waals surface area contributed by atoms with Crippen molar-refractivity contribution in [2.45, 2.75) is 39.3 Å². The lowest BCUT2D eigenvalue weighted by molar-refractivity contribution is 0.232. The second-order valence-electron chi connectivity index (χ2n) is 5.51. The van der Waals surface area contributed by atoms with E-state index in [1.54, 1.807) is 0 Å². The molecule has 2 rings (SSSR count). The number of nitrogens with one attached hydrogen (secondary N) is 1. The Kier molecular flexibility index (Phi) is 4.66. The normalized spacial score (nSPS) is 21.0. The van der Waals surface area contributed by atoms with Crippen molar-refractivity contribution in [1.82, 2.24) is 30.4 Å². The summed E-state index contributed by atoms with van der Waals surface area (Å²) in [5, 5.41) is 15.7. The Hall–Kier alpha value is -1.01. The Labute approximate surface area is 109 Å². The molecule has 0 spiro atoms. The lowest BCUT2D eigenvalue weighted by Crippen LogP contribution is -2.38. The van der Waals surface area contributed by atoms with Crippen LogP contribution in [0.2, 0.25) is 0 Å². The molecule has 6 nitrogen and oxygen atoms in total. The summed E-state index contributed by atoms with van der Waals surface area (Å²) in [7, 11) is 1.81. The monoisotopic (exact) mass is 252 g/mol. The van der Waals surface area contributed by atoms with Crippen molar-refractivity contribution < 1.29 is 0 Å². The first-order valence-corrected chi connectivity index (χ1v) is 6.83. The Morgan fingerprint density at radius 1 is 1.44 bits per heavy atom. The van der Waals surface area contributed by atoms with Crippen LogP contribution in [0.1, 0.15) is 32.5 Å². The highest BCUT2D eigenvalue weighted by Gasteiger charge is 2.25. The van der Waals surface area contributed by atoms with Crippen LogP contribution in [-0.2, 0) is 13.6 Å². The molecule has 1 aromatic rings. The lowest BCUT2D eigenvalue weighted by Gasteiger charge is -2.23. The minimum atomic E-state index is 0.618. The summed E-state index contributed by atoms with van der Waals surface area (Å²) in [5.74, 6) is 1.54. The summed E-state index contributed by atoms with van der Waals surface area (Å²) in [5.41, 5.74) is 0. The number of hydrogen-bond acceptors (Lipinski definition) is 5. The zero-order valence-corrected chi connectivity index (χ0v) is 11.6. The van der Waals surface area contributed by atoms with Gasteiger partial charge >= 0.3 is 0 Å². The first-order chi connectivity index (χ1) is 8.65. The standard InChI is InChI=1S/C12H24N6/c1-10(2)7-13-8-11-5-4-6-18(11)9-12-14-16-17(3)15-12/h10-11,13H,4-9H2,1-3H3. The van der Waals surface area contributed by atoms with Crippen molar-refractivity contribution in [3.63, 3.8) is 0 Å². The van der Waals surface area contributed by atoms with Crippen LogP contribution < -0.4 is 5.32 Å². The SMILES string of the molecule is CC(C)CNCC1CCCN1Cc1nnn(C)n1. The summed E-state index contributed by atoms with van der Waals surface area (Å²) in [6.45, 7) is 8.60. The average Bonchev–Trinajstić information content (AvgIpc) is 2.89. The van der Waals surface area contributed by atoms with Crippen LogP contribution in [0.15, 0.2) is 0 Å². The van der Waals surface area contributed by atoms with E-state index in [2.05, 4.69) is 39.5 Å². The molecule has 102 valence electrons. The number of aromatic nitrogens is 4. The predicted molar refractivity (Wildman–Crippen MR) is 69.9 cm³/mol. The van der Waals surface area contributed by atoms with Crippen molar-refractivity contribution in [3.05, 3.63) is 5.82 Å². The zero-order valence-electron chi connectivity index (χ0n) is 11.6. The molecule has 0 bridgehead atoms. The molecule has 1 aliphatic rings. The van der Waals surface area contributed by atoms with Crippen LogP contribution in [0.5, 0.6) is 0 Å². The minimum Gasteiger partial charge on any atom is -0.315 e. The van der Waals surface area contributed by atoms with Gasteiger partial charge in [-0.3, -0.25) is 4.90 Å². The molecule has 18 heavy (non-hydrogen) atoms. The molecule has 6 heteroatoms. The van der Waals surface area contributed by atoms with Crippen LogP contribution in [0.25, 0.3) is 0 Å². The van der Waals surface area contributed by atoms with Gasteiger partial charge in [0.1, 0.15) is 0 Å². The quantitative estimate of drug-likeness (QED) is 0.795. The minimum absolute atomic E-state index is 0.618. The third kappa shape index (κ3) is 3.74. The number of nitrogens with zero attached hydrogens (tertiary/aromatic N) is 5. The Morgan fingerprint density at radius 3 is 2.94 bits per heavy atom. The van der Waals surface area contributed by atoms with E-state index in [1.807, 2.05) is 7.05 Å². The van der Waals surface area contributed by atoms with Crippen LogP contribution in [0.4, 0.5) is 0 Å². The van der Waals surface area contributed by atoms with Crippen molar-refractivity contribution in [2.24, 2.45) is 13.0 Å². The number of tetrazole rings is 1. The molecule has 0 aromatic carbocycles. The van der Waals surface area contributed by atoms with Gasteiger partial charge in [0.15, 0.2) is 5.82 Å². The Balaban J connectivity index is 1.80. The zero-order chi connectivity index (χ0) is 13.0. The first kappa shape index (κ1) is 13.4. The largest absolute Gasteiger partial charge is 0.315 e. The molecule has 1 unspecified atom stereocenters. The third-order valence-electron chi connectivity index (χ3n) is 3.33. The molecular formula is C12H24N6. The maximum Gasteiger partial charge on any atom is 0.188 e. The smallest absolute Gasteiger partial charge is 0.188 e. The van der Waals surface area contributed by atoms with E-state index in [-0.39, 0.29) is 0 Å². The molecule has 1 saturated heterocycles. The second-order valence-corrected chi connectivity index (χ2v) is 5.51. The van der Waals surface area contributed by atoms with Crippen LogP contribution in [-0.4, -0.2) is 50.8 Å². The molecule has 2 heterocycles. The molecule has 1 aromatic heterocycles. The fourth-order valence-electron chi connectivity index (χ4n) is 2.44.